The van der Waals surface area contributed by atoms with Crippen LogP contribution in [0.4, 0.5) is 4.79 Å². The van der Waals surface area contributed by atoms with Gasteiger partial charge in [0.05, 0.1) is 11.5 Å². The first-order valence-corrected chi connectivity index (χ1v) is 7.69. The SMILES string of the molecule is CO[C@@H]1NC(=O)N(C(=O)[C@]23CC[C@H](C[C@H]2OC)C3(C)C)[C@H]1O. The lowest BCUT2D eigenvalue weighted by Gasteiger charge is -2.42. The van der Waals surface area contributed by atoms with Crippen LogP contribution in [0.1, 0.15) is 33.1 Å². The number of carbonyl (C=O) groups is 2. The van der Waals surface area contributed by atoms with Crippen LogP contribution >= 0.6 is 0 Å². The van der Waals surface area contributed by atoms with Crippen LogP contribution < -0.4 is 5.32 Å². The Morgan fingerprint density at radius 3 is 2.55 bits per heavy atom. The molecular formula is C15H24N2O5. The van der Waals surface area contributed by atoms with Gasteiger partial charge < -0.3 is 19.9 Å². The number of hydrogen-bond acceptors (Lipinski definition) is 5. The Bertz CT molecular complexity index is 508. The zero-order chi connectivity index (χ0) is 16.3. The first-order valence-electron chi connectivity index (χ1n) is 7.69. The normalized spacial score (nSPS) is 42.8. The molecule has 7 nitrogen and oxygen atoms in total. The number of urea groups is 1. The van der Waals surface area contributed by atoms with Crippen molar-refractivity contribution in [3.05, 3.63) is 0 Å². The molecule has 1 saturated heterocycles. The molecule has 22 heavy (non-hydrogen) atoms. The summed E-state index contributed by atoms with van der Waals surface area (Å²) in [5, 5.41) is 12.7. The van der Waals surface area contributed by atoms with Gasteiger partial charge in [0.25, 0.3) is 0 Å². The molecule has 3 fully saturated rings. The lowest BCUT2D eigenvalue weighted by atomic mass is 9.67. The van der Waals surface area contributed by atoms with Gasteiger partial charge in [-0.05, 0) is 30.6 Å². The van der Waals surface area contributed by atoms with Gasteiger partial charge in [-0.25, -0.2) is 9.69 Å². The Morgan fingerprint density at radius 1 is 1.36 bits per heavy atom. The molecule has 0 unspecified atom stereocenters. The molecule has 2 bridgehead atoms. The largest absolute Gasteiger partial charge is 0.380 e. The number of nitrogens with zero attached hydrogens (tertiary/aromatic N) is 1. The lowest BCUT2D eigenvalue weighted by Crippen LogP contribution is -2.56. The molecule has 3 rings (SSSR count). The number of aliphatic hydroxyl groups is 1. The minimum atomic E-state index is -1.31. The van der Waals surface area contributed by atoms with E-state index in [0.717, 1.165) is 17.7 Å². The number of rotatable bonds is 3. The van der Waals surface area contributed by atoms with Crippen molar-refractivity contribution < 1.29 is 24.2 Å². The monoisotopic (exact) mass is 312 g/mol. The zero-order valence-electron chi connectivity index (χ0n) is 13.5. The standard InChI is InChI=1S/C15H24N2O5/c1-14(2)8-5-6-15(14,9(7-8)21-3)12(19)17-11(18)10(22-4)16-13(17)20/h8-11,18H,5-7H2,1-4H3,(H,16,20)/t8-,9-,10+,11+,15+/m1/s1. The highest BCUT2D eigenvalue weighted by atomic mass is 16.5. The molecule has 2 aliphatic carbocycles. The van der Waals surface area contributed by atoms with Crippen LogP contribution in [0.25, 0.3) is 0 Å². The molecule has 3 aliphatic rings. The Morgan fingerprint density at radius 2 is 2.05 bits per heavy atom. The van der Waals surface area contributed by atoms with E-state index in [1.54, 1.807) is 7.11 Å². The highest BCUT2D eigenvalue weighted by Gasteiger charge is 2.70. The maximum absolute atomic E-state index is 13.3. The van der Waals surface area contributed by atoms with Gasteiger partial charge >= 0.3 is 6.03 Å². The Kier molecular flexibility index (Phi) is 3.50. The van der Waals surface area contributed by atoms with Crippen molar-refractivity contribution in [2.75, 3.05) is 14.2 Å². The number of nitrogens with one attached hydrogen (secondary N) is 1. The molecule has 1 aliphatic heterocycles. The number of hydrogen-bond donors (Lipinski definition) is 2. The second-order valence-electron chi connectivity index (χ2n) is 7.08. The van der Waals surface area contributed by atoms with E-state index >= 15 is 0 Å². The summed E-state index contributed by atoms with van der Waals surface area (Å²) in [5.74, 6) is 0.0383. The molecule has 0 spiro atoms. The van der Waals surface area contributed by atoms with E-state index < -0.39 is 23.9 Å². The van der Waals surface area contributed by atoms with Crippen LogP contribution in [0, 0.1) is 16.7 Å². The average molecular weight is 312 g/mol. The van der Waals surface area contributed by atoms with Gasteiger partial charge in [-0.3, -0.25) is 4.79 Å². The molecule has 0 aromatic rings. The van der Waals surface area contributed by atoms with Crippen molar-refractivity contribution in [2.24, 2.45) is 16.7 Å². The highest BCUT2D eigenvalue weighted by molar-refractivity contribution is 6.00. The van der Waals surface area contributed by atoms with Crippen LogP contribution in [0.2, 0.25) is 0 Å². The van der Waals surface area contributed by atoms with Crippen LogP contribution in [-0.2, 0) is 14.3 Å². The predicted octanol–water partition coefficient (Wildman–Crippen LogP) is 0.670. The summed E-state index contributed by atoms with van der Waals surface area (Å²) in [6.45, 7) is 4.13. The summed E-state index contributed by atoms with van der Waals surface area (Å²) in [7, 11) is 2.98. The number of methoxy groups -OCH3 is 2. The van der Waals surface area contributed by atoms with E-state index in [0.29, 0.717) is 12.3 Å². The van der Waals surface area contributed by atoms with Crippen molar-refractivity contribution in [3.8, 4) is 0 Å². The van der Waals surface area contributed by atoms with Crippen molar-refractivity contribution in [2.45, 2.75) is 51.7 Å². The lowest BCUT2D eigenvalue weighted by molar-refractivity contribution is -0.163. The Hall–Kier alpha value is -1.18. The molecule has 7 heteroatoms. The molecular weight excluding hydrogens is 288 g/mol. The second kappa shape index (κ2) is 4.91. The predicted molar refractivity (Wildman–Crippen MR) is 76.5 cm³/mol. The third kappa shape index (κ3) is 1.67. The maximum Gasteiger partial charge on any atom is 0.328 e. The van der Waals surface area contributed by atoms with Gasteiger partial charge in [-0.2, -0.15) is 0 Å². The third-order valence-corrected chi connectivity index (χ3v) is 6.26. The smallest absolute Gasteiger partial charge is 0.328 e. The molecule has 1 heterocycles. The van der Waals surface area contributed by atoms with Crippen molar-refractivity contribution in [3.63, 3.8) is 0 Å². The molecule has 0 radical (unpaired) electrons. The van der Waals surface area contributed by atoms with E-state index in [2.05, 4.69) is 19.2 Å². The number of aliphatic hydroxyl groups excluding tert-OH is 1. The summed E-state index contributed by atoms with van der Waals surface area (Å²) in [6, 6.07) is -0.611. The molecule has 3 amide bonds. The highest BCUT2D eigenvalue weighted by Crippen LogP contribution is 2.67. The minimum absolute atomic E-state index is 0.227. The first kappa shape index (κ1) is 15.7. The van der Waals surface area contributed by atoms with Crippen LogP contribution in [-0.4, -0.2) is 54.7 Å². The third-order valence-electron chi connectivity index (χ3n) is 6.26. The fourth-order valence-corrected chi connectivity index (χ4v) is 4.84. The average Bonchev–Trinajstić information content (AvgIpc) is 3.01. The van der Waals surface area contributed by atoms with Gasteiger partial charge in [0.1, 0.15) is 0 Å². The molecule has 124 valence electrons. The van der Waals surface area contributed by atoms with Crippen molar-refractivity contribution in [1.29, 1.82) is 0 Å². The summed E-state index contributed by atoms with van der Waals surface area (Å²) < 4.78 is 10.6. The van der Waals surface area contributed by atoms with E-state index in [-0.39, 0.29) is 17.4 Å². The quantitative estimate of drug-likeness (QED) is 0.800. The number of amides is 3. The van der Waals surface area contributed by atoms with Gasteiger partial charge in [-0.1, -0.05) is 13.8 Å². The fraction of sp³-hybridized carbons (Fsp3) is 0.867. The van der Waals surface area contributed by atoms with Crippen LogP contribution in [0.15, 0.2) is 0 Å². The molecule has 0 aromatic heterocycles. The van der Waals surface area contributed by atoms with Crippen molar-refractivity contribution in [1.82, 2.24) is 10.2 Å². The number of imide groups is 1. The topological polar surface area (TPSA) is 88.1 Å². The van der Waals surface area contributed by atoms with Gasteiger partial charge in [0.2, 0.25) is 5.91 Å². The summed E-state index contributed by atoms with van der Waals surface area (Å²) in [5.41, 5.74) is -1.04. The summed E-state index contributed by atoms with van der Waals surface area (Å²) in [6.07, 6.45) is 0.000864. The van der Waals surface area contributed by atoms with E-state index in [4.69, 9.17) is 9.47 Å². The second-order valence-corrected chi connectivity index (χ2v) is 7.08. The van der Waals surface area contributed by atoms with Crippen molar-refractivity contribution >= 4 is 11.9 Å². The molecule has 0 aromatic carbocycles. The molecule has 5 atom stereocenters. The Balaban J connectivity index is 1.98. The van der Waals surface area contributed by atoms with Crippen LogP contribution in [0.3, 0.4) is 0 Å². The maximum atomic E-state index is 13.3. The Labute approximate surface area is 129 Å². The van der Waals surface area contributed by atoms with Crippen LogP contribution in [0.5, 0.6) is 0 Å². The number of ether oxygens (including phenoxy) is 2. The van der Waals surface area contributed by atoms with E-state index in [1.807, 2.05) is 0 Å². The van der Waals surface area contributed by atoms with Gasteiger partial charge in [-0.15, -0.1) is 0 Å². The molecule has 2 N–H and O–H groups in total. The summed E-state index contributed by atoms with van der Waals surface area (Å²) in [4.78, 5) is 26.3. The van der Waals surface area contributed by atoms with Gasteiger partial charge in [0, 0.05) is 14.2 Å². The van der Waals surface area contributed by atoms with Gasteiger partial charge in [0.15, 0.2) is 12.5 Å². The van der Waals surface area contributed by atoms with E-state index in [9.17, 15) is 14.7 Å². The fourth-order valence-electron chi connectivity index (χ4n) is 4.84. The number of fused-ring (bicyclic) bond motifs is 2. The zero-order valence-corrected chi connectivity index (χ0v) is 13.5. The minimum Gasteiger partial charge on any atom is -0.380 e. The van der Waals surface area contributed by atoms with E-state index in [1.165, 1.54) is 7.11 Å². The summed E-state index contributed by atoms with van der Waals surface area (Å²) >= 11 is 0. The number of carbonyl (C=O) groups excluding carboxylic acids is 2. The molecule has 2 saturated carbocycles. The first-order chi connectivity index (χ1) is 10.3.